The van der Waals surface area contributed by atoms with Gasteiger partial charge in [0, 0.05) is 18.3 Å². The summed E-state index contributed by atoms with van der Waals surface area (Å²) in [5, 5.41) is 18.2. The minimum absolute atomic E-state index is 0.0890. The van der Waals surface area contributed by atoms with Crippen LogP contribution in [0.5, 0.6) is 0 Å². The van der Waals surface area contributed by atoms with Crippen LogP contribution >= 0.6 is 11.3 Å². The number of amides is 2. The van der Waals surface area contributed by atoms with Crippen LogP contribution < -0.4 is 10.6 Å². The quantitative estimate of drug-likeness (QED) is 0.693. The number of hydrogen-bond acceptors (Lipinski definition) is 4. The fourth-order valence-corrected chi connectivity index (χ4v) is 3.01. The maximum absolute atomic E-state index is 11.9. The van der Waals surface area contributed by atoms with Crippen LogP contribution in [0.15, 0.2) is 35.7 Å². The molecule has 5 nitrogen and oxygen atoms in total. The molecule has 2 amide bonds. The molecular weight excluding hydrogens is 310 g/mol. The highest BCUT2D eigenvalue weighted by molar-refractivity contribution is 7.09. The van der Waals surface area contributed by atoms with E-state index in [1.807, 2.05) is 35.7 Å². The van der Waals surface area contributed by atoms with E-state index in [1.54, 1.807) is 11.3 Å². The van der Waals surface area contributed by atoms with E-state index in [9.17, 15) is 9.90 Å². The number of aryl methyl sites for hydroxylation is 1. The van der Waals surface area contributed by atoms with Crippen molar-refractivity contribution in [1.29, 1.82) is 0 Å². The number of aromatic nitrogens is 1. The predicted octanol–water partition coefficient (Wildman–Crippen LogP) is 2.15. The lowest BCUT2D eigenvalue weighted by atomic mass is 10.1. The molecule has 0 aliphatic heterocycles. The molecule has 1 aromatic carbocycles. The molecule has 23 heavy (non-hydrogen) atoms. The van der Waals surface area contributed by atoms with Crippen molar-refractivity contribution in [3.8, 4) is 0 Å². The molecule has 1 heterocycles. The second kappa shape index (κ2) is 9.27. The summed E-state index contributed by atoms with van der Waals surface area (Å²) in [5.74, 6) is 0. The number of carbonyl (C=O) groups is 1. The van der Waals surface area contributed by atoms with Gasteiger partial charge in [-0.05, 0) is 18.4 Å². The third-order valence-corrected chi connectivity index (χ3v) is 4.49. The molecule has 3 N–H and O–H groups in total. The highest BCUT2D eigenvalue weighted by Crippen LogP contribution is 2.10. The molecule has 0 fully saturated rings. The van der Waals surface area contributed by atoms with Crippen molar-refractivity contribution in [1.82, 2.24) is 15.6 Å². The summed E-state index contributed by atoms with van der Waals surface area (Å²) in [7, 11) is 0. The summed E-state index contributed by atoms with van der Waals surface area (Å²) in [6.07, 6.45) is 2.26. The van der Waals surface area contributed by atoms with Gasteiger partial charge in [0.2, 0.25) is 0 Å². The number of thiazole rings is 1. The number of hydrogen-bond donors (Lipinski definition) is 3. The average molecular weight is 333 g/mol. The second-order valence-electron chi connectivity index (χ2n) is 5.31. The third kappa shape index (κ3) is 6.00. The van der Waals surface area contributed by atoms with Crippen molar-refractivity contribution in [3.05, 3.63) is 52.0 Å². The number of nitrogens with one attached hydrogen (secondary N) is 2. The highest BCUT2D eigenvalue weighted by atomic mass is 32.1. The van der Waals surface area contributed by atoms with Gasteiger partial charge in [0.15, 0.2) is 0 Å². The fourth-order valence-electron chi connectivity index (χ4n) is 2.23. The molecule has 0 saturated heterocycles. The van der Waals surface area contributed by atoms with Gasteiger partial charge in [-0.15, -0.1) is 11.3 Å². The van der Waals surface area contributed by atoms with Crippen molar-refractivity contribution < 1.29 is 9.90 Å². The minimum atomic E-state index is -0.289. The van der Waals surface area contributed by atoms with Crippen LogP contribution in [0.25, 0.3) is 0 Å². The van der Waals surface area contributed by atoms with Crippen LogP contribution in [-0.2, 0) is 19.3 Å². The Kier molecular flexibility index (Phi) is 7.03. The molecule has 1 unspecified atom stereocenters. The van der Waals surface area contributed by atoms with Crippen molar-refractivity contribution in [3.63, 3.8) is 0 Å². The Morgan fingerprint density at radius 1 is 1.35 bits per heavy atom. The first-order valence-corrected chi connectivity index (χ1v) is 8.71. The second-order valence-corrected chi connectivity index (χ2v) is 6.25. The highest BCUT2D eigenvalue weighted by Gasteiger charge is 2.11. The Hall–Kier alpha value is -1.92. The van der Waals surface area contributed by atoms with E-state index >= 15 is 0 Å². The summed E-state index contributed by atoms with van der Waals surface area (Å²) in [6, 6.07) is 9.25. The lowest BCUT2D eigenvalue weighted by molar-refractivity contribution is 0.216. The molecule has 2 rings (SSSR count). The largest absolute Gasteiger partial charge is 0.394 e. The number of aliphatic hydroxyl groups is 1. The van der Waals surface area contributed by atoms with Crippen molar-refractivity contribution >= 4 is 17.4 Å². The van der Waals surface area contributed by atoms with E-state index in [0.717, 1.165) is 22.7 Å². The molecule has 0 aliphatic rings. The first kappa shape index (κ1) is 17.4. The van der Waals surface area contributed by atoms with E-state index in [-0.39, 0.29) is 18.7 Å². The van der Waals surface area contributed by atoms with Gasteiger partial charge < -0.3 is 15.7 Å². The Balaban J connectivity index is 1.72. The normalized spacial score (nSPS) is 11.9. The van der Waals surface area contributed by atoms with Gasteiger partial charge in [-0.1, -0.05) is 37.3 Å². The number of urea groups is 1. The molecule has 6 heteroatoms. The number of carbonyl (C=O) groups excluding carboxylic acids is 1. The van der Waals surface area contributed by atoms with Crippen LogP contribution in [0.2, 0.25) is 0 Å². The van der Waals surface area contributed by atoms with E-state index in [1.165, 1.54) is 0 Å². The van der Waals surface area contributed by atoms with Crippen LogP contribution in [-0.4, -0.2) is 35.3 Å². The maximum atomic E-state index is 11.9. The lowest BCUT2D eigenvalue weighted by Gasteiger charge is -2.16. The van der Waals surface area contributed by atoms with E-state index < -0.39 is 0 Å². The lowest BCUT2D eigenvalue weighted by Crippen LogP contribution is -2.45. The minimum Gasteiger partial charge on any atom is -0.394 e. The fraction of sp³-hybridized carbons (Fsp3) is 0.412. The smallest absolute Gasteiger partial charge is 0.315 e. The van der Waals surface area contributed by atoms with Crippen LogP contribution in [0.4, 0.5) is 4.79 Å². The monoisotopic (exact) mass is 333 g/mol. The average Bonchev–Trinajstić information content (AvgIpc) is 3.03. The van der Waals surface area contributed by atoms with Gasteiger partial charge in [-0.2, -0.15) is 0 Å². The molecule has 0 radical (unpaired) electrons. The summed E-state index contributed by atoms with van der Waals surface area (Å²) in [4.78, 5) is 16.4. The van der Waals surface area contributed by atoms with Crippen molar-refractivity contribution in [2.24, 2.45) is 0 Å². The SMILES string of the molecule is CCc1nc(CCNC(=O)NC(CO)Cc2ccccc2)cs1. The Bertz CT molecular complexity index is 601. The first-order valence-electron chi connectivity index (χ1n) is 7.83. The van der Waals surface area contributed by atoms with Gasteiger partial charge in [0.05, 0.1) is 23.4 Å². The zero-order chi connectivity index (χ0) is 16.5. The molecule has 124 valence electrons. The van der Waals surface area contributed by atoms with Gasteiger partial charge in [0.25, 0.3) is 0 Å². The molecule has 0 spiro atoms. The zero-order valence-electron chi connectivity index (χ0n) is 13.3. The van der Waals surface area contributed by atoms with Crippen LogP contribution in [0, 0.1) is 0 Å². The number of aliphatic hydroxyl groups excluding tert-OH is 1. The molecule has 2 aromatic rings. The van der Waals surface area contributed by atoms with Crippen molar-refractivity contribution in [2.45, 2.75) is 32.2 Å². The molecule has 0 saturated carbocycles. The molecule has 1 atom stereocenters. The predicted molar refractivity (Wildman–Crippen MR) is 92.8 cm³/mol. The van der Waals surface area contributed by atoms with E-state index in [0.29, 0.717) is 19.4 Å². The number of rotatable bonds is 8. The van der Waals surface area contributed by atoms with Gasteiger partial charge in [-0.25, -0.2) is 9.78 Å². The third-order valence-electron chi connectivity index (χ3n) is 3.45. The molecular formula is C17H23N3O2S. The maximum Gasteiger partial charge on any atom is 0.315 e. The first-order chi connectivity index (χ1) is 11.2. The van der Waals surface area contributed by atoms with E-state index in [2.05, 4.69) is 22.5 Å². The van der Waals surface area contributed by atoms with Crippen LogP contribution in [0.3, 0.4) is 0 Å². The summed E-state index contributed by atoms with van der Waals surface area (Å²) < 4.78 is 0. The van der Waals surface area contributed by atoms with Crippen molar-refractivity contribution in [2.75, 3.05) is 13.2 Å². The number of nitrogens with zero attached hydrogens (tertiary/aromatic N) is 1. The molecule has 0 bridgehead atoms. The van der Waals surface area contributed by atoms with E-state index in [4.69, 9.17) is 0 Å². The summed E-state index contributed by atoms with van der Waals surface area (Å²) in [6.45, 7) is 2.52. The van der Waals surface area contributed by atoms with Gasteiger partial charge in [0.1, 0.15) is 0 Å². The summed E-state index contributed by atoms with van der Waals surface area (Å²) in [5.41, 5.74) is 2.09. The van der Waals surface area contributed by atoms with Gasteiger partial charge >= 0.3 is 6.03 Å². The summed E-state index contributed by atoms with van der Waals surface area (Å²) >= 11 is 1.65. The molecule has 1 aromatic heterocycles. The Morgan fingerprint density at radius 2 is 2.13 bits per heavy atom. The Labute approximate surface area is 140 Å². The zero-order valence-corrected chi connectivity index (χ0v) is 14.1. The van der Waals surface area contributed by atoms with Crippen LogP contribution in [0.1, 0.15) is 23.2 Å². The van der Waals surface area contributed by atoms with Gasteiger partial charge in [-0.3, -0.25) is 0 Å². The molecule has 0 aliphatic carbocycles. The topological polar surface area (TPSA) is 74.2 Å². The standard InChI is InChI=1S/C17H23N3O2S/c1-2-16-19-14(12-23-16)8-9-18-17(22)20-15(11-21)10-13-6-4-3-5-7-13/h3-7,12,15,21H,2,8-11H2,1H3,(H2,18,20,22). The number of benzene rings is 1. The Morgan fingerprint density at radius 3 is 2.78 bits per heavy atom.